The molecule has 27 heteroatoms. The maximum Gasteiger partial charge on any atom is 0.326 e. The van der Waals surface area contributed by atoms with Gasteiger partial charge in [0.1, 0.15) is 48.3 Å². The van der Waals surface area contributed by atoms with Gasteiger partial charge in [0.15, 0.2) is 0 Å². The van der Waals surface area contributed by atoms with Crippen molar-refractivity contribution in [3.05, 3.63) is 35.9 Å². The number of hydrogen-bond donors (Lipinski definition) is 14. The summed E-state index contributed by atoms with van der Waals surface area (Å²) in [6.07, 6.45) is -3.02. The minimum atomic E-state index is -1.88. The fourth-order valence-corrected chi connectivity index (χ4v) is 6.66. The molecule has 19 N–H and O–H groups in total. The smallest absolute Gasteiger partial charge is 0.326 e. The quantitative estimate of drug-likeness (QED) is 0.0320. The van der Waals surface area contributed by atoms with Crippen molar-refractivity contribution in [2.75, 3.05) is 0 Å². The normalized spacial score (nSPS) is 15.2. The number of primary amides is 4. The fraction of sp³-hybridized carbons (Fsp3) is 0.568. The van der Waals surface area contributed by atoms with Gasteiger partial charge in [-0.1, -0.05) is 78.3 Å². The lowest BCUT2D eigenvalue weighted by atomic mass is 9.96. The summed E-state index contributed by atoms with van der Waals surface area (Å²) in [7, 11) is 0. The predicted molar refractivity (Wildman–Crippen MR) is 251 cm³/mol. The van der Waals surface area contributed by atoms with E-state index < -0.39 is 169 Å². The molecule has 0 radical (unpaired) electrons. The Bertz CT molecular complexity index is 2110. The molecular formula is C44H69N13O14. The van der Waals surface area contributed by atoms with Crippen LogP contribution in [0.1, 0.15) is 92.1 Å². The molecule has 27 nitrogen and oxygen atoms in total. The summed E-state index contributed by atoms with van der Waals surface area (Å²) in [6, 6.07) is -4.99. The van der Waals surface area contributed by atoms with E-state index in [0.29, 0.717) is 0 Å². The molecule has 0 saturated heterocycles. The van der Waals surface area contributed by atoms with Crippen molar-refractivity contribution >= 4 is 76.9 Å². The zero-order valence-electron chi connectivity index (χ0n) is 40.5. The molecule has 71 heavy (non-hydrogen) atoms. The summed E-state index contributed by atoms with van der Waals surface area (Å²) in [4.78, 5) is 167. The first-order valence-corrected chi connectivity index (χ1v) is 22.7. The molecule has 1 aromatic carbocycles. The van der Waals surface area contributed by atoms with Crippen molar-refractivity contribution in [3.8, 4) is 0 Å². The number of aliphatic carboxylic acids is 1. The molecule has 0 bridgehead atoms. The lowest BCUT2D eigenvalue weighted by Crippen LogP contribution is -2.62. The molecule has 1 rings (SSSR count). The third-order valence-electron chi connectivity index (χ3n) is 10.9. The maximum absolute atomic E-state index is 13.9. The van der Waals surface area contributed by atoms with E-state index >= 15 is 0 Å². The first-order valence-electron chi connectivity index (χ1n) is 22.7. The van der Waals surface area contributed by atoms with E-state index in [4.69, 9.17) is 28.7 Å². The Labute approximate surface area is 409 Å². The van der Waals surface area contributed by atoms with Crippen molar-refractivity contribution in [2.45, 2.75) is 147 Å². The third kappa shape index (κ3) is 21.6. The first-order chi connectivity index (χ1) is 33.1. The van der Waals surface area contributed by atoms with Crippen molar-refractivity contribution in [1.82, 2.24) is 42.5 Å². The fourth-order valence-electron chi connectivity index (χ4n) is 6.66. The summed E-state index contributed by atoms with van der Waals surface area (Å²) in [5, 5.41) is 28.0. The van der Waals surface area contributed by atoms with Gasteiger partial charge in [-0.3, -0.25) is 57.5 Å². The van der Waals surface area contributed by atoms with E-state index in [9.17, 15) is 67.4 Å². The average molecular weight is 1000 g/mol. The Morgan fingerprint density at radius 2 is 0.761 bits per heavy atom. The number of rotatable bonds is 32. The molecule has 0 unspecified atom stereocenters. The molecule has 0 aromatic heterocycles. The summed E-state index contributed by atoms with van der Waals surface area (Å²) in [5.41, 5.74) is 28.1. The predicted octanol–water partition coefficient (Wildman–Crippen LogP) is -5.46. The molecule has 0 heterocycles. The molecule has 0 aliphatic rings. The summed E-state index contributed by atoms with van der Waals surface area (Å²) in [6.45, 7) is 9.17. The molecule has 0 aliphatic heterocycles. The van der Waals surface area contributed by atoms with E-state index in [1.54, 1.807) is 44.2 Å². The van der Waals surface area contributed by atoms with Gasteiger partial charge in [-0.2, -0.15) is 0 Å². The van der Waals surface area contributed by atoms with Crippen LogP contribution in [0.2, 0.25) is 0 Å². The van der Waals surface area contributed by atoms with E-state index in [1.165, 1.54) is 27.7 Å². The molecule has 1 aromatic rings. The van der Waals surface area contributed by atoms with Gasteiger partial charge in [-0.15, -0.1) is 0 Å². The second-order valence-corrected chi connectivity index (χ2v) is 17.1. The first kappa shape index (κ1) is 61.3. The molecule has 0 aliphatic carbocycles. The van der Waals surface area contributed by atoms with Crippen LogP contribution in [-0.2, 0) is 68.7 Å². The second kappa shape index (κ2) is 30.0. The largest absolute Gasteiger partial charge is 0.480 e. The van der Waals surface area contributed by atoms with E-state index in [1.807, 2.05) is 0 Å². The van der Waals surface area contributed by atoms with Gasteiger partial charge < -0.3 is 76.3 Å². The van der Waals surface area contributed by atoms with Gasteiger partial charge in [0.25, 0.3) is 0 Å². The summed E-state index contributed by atoms with van der Waals surface area (Å²) < 4.78 is 0. The van der Waals surface area contributed by atoms with Crippen LogP contribution < -0.4 is 71.2 Å². The van der Waals surface area contributed by atoms with Crippen molar-refractivity contribution < 1.29 is 67.4 Å². The van der Waals surface area contributed by atoms with Crippen LogP contribution in [-0.4, -0.2) is 136 Å². The molecule has 10 atom stereocenters. The molecule has 0 saturated carbocycles. The topological polar surface area (TPSA) is 468 Å². The highest BCUT2D eigenvalue weighted by atomic mass is 16.4. The van der Waals surface area contributed by atoms with Gasteiger partial charge in [-0.25, -0.2) is 4.79 Å². The van der Waals surface area contributed by atoms with E-state index in [2.05, 4.69) is 42.5 Å². The van der Waals surface area contributed by atoms with Crippen LogP contribution in [0.5, 0.6) is 0 Å². The van der Waals surface area contributed by atoms with Gasteiger partial charge in [-0.05, 0) is 36.7 Å². The standard InChI is InChI=1S/C44H69N13O14/c1-7-21(6)35(57-41(67)28(18-32(48)60)52-37(63)24(8-2)50-36(62)23(45)15-22-13-11-10-12-14-22)43(69)54-26(16-30(46)58)39(65)53-27(17-31(47)59)40(66)56-34(20(4)5)42(68)51-25(9-3)38(64)55-29(44(70)71)19-33(49)61/h10-14,20-21,23-29,34-35H,7-9,15-19,45H2,1-6H3,(H2,46,58)(H2,47,59)(H2,48,60)(H2,49,61)(H,50,62)(H,51,68)(H,52,63)(H,53,65)(H,54,69)(H,55,64)(H,56,66)(H,57,67)(H,70,71)/t21-,23-,24-,25-,26-,27-,28-,29-,34-,35-/m0/s1. The van der Waals surface area contributed by atoms with Gasteiger partial charge in [0.05, 0.1) is 31.7 Å². The van der Waals surface area contributed by atoms with Crippen LogP contribution in [0.4, 0.5) is 0 Å². The molecule has 0 spiro atoms. The zero-order valence-corrected chi connectivity index (χ0v) is 40.5. The minimum Gasteiger partial charge on any atom is -0.480 e. The summed E-state index contributed by atoms with van der Waals surface area (Å²) in [5.74, 6) is -15.5. The van der Waals surface area contributed by atoms with Crippen LogP contribution in [0, 0.1) is 11.8 Å². The monoisotopic (exact) mass is 1000 g/mol. The molecule has 0 fully saturated rings. The van der Waals surface area contributed by atoms with Crippen LogP contribution >= 0.6 is 0 Å². The second-order valence-electron chi connectivity index (χ2n) is 17.1. The van der Waals surface area contributed by atoms with Crippen LogP contribution in [0.25, 0.3) is 0 Å². The molecule has 12 amide bonds. The van der Waals surface area contributed by atoms with Gasteiger partial charge >= 0.3 is 5.97 Å². The number of carbonyl (C=O) groups is 13. The Hall–Kier alpha value is -7.71. The van der Waals surface area contributed by atoms with Crippen molar-refractivity contribution in [3.63, 3.8) is 0 Å². The number of nitrogens with two attached hydrogens (primary N) is 5. The molecule has 394 valence electrons. The van der Waals surface area contributed by atoms with E-state index in [-0.39, 0.29) is 25.7 Å². The Morgan fingerprint density at radius 3 is 1.14 bits per heavy atom. The van der Waals surface area contributed by atoms with Gasteiger partial charge in [0, 0.05) is 0 Å². The maximum atomic E-state index is 13.9. The van der Waals surface area contributed by atoms with Gasteiger partial charge in [0.2, 0.25) is 70.9 Å². The molecular weight excluding hydrogens is 935 g/mol. The summed E-state index contributed by atoms with van der Waals surface area (Å²) >= 11 is 0. The average Bonchev–Trinajstić information content (AvgIpc) is 3.28. The number of carboxylic acid groups (broad SMARTS) is 1. The number of benzene rings is 1. The SMILES string of the molecule is CC[C@H](NC(=O)[C@@H](NC(=O)[C@H](CC(N)=O)NC(=O)[C@H](CC(N)=O)NC(=O)[C@@H](NC(=O)[C@H](CC(N)=O)NC(=O)[C@H](CC)NC(=O)[C@@H](N)Cc1ccccc1)[C@@H](C)CC)C(C)C)C(=O)N[C@@H](CC(N)=O)C(=O)O. The lowest BCUT2D eigenvalue weighted by Gasteiger charge is -2.29. The number of amides is 12. The highest BCUT2D eigenvalue weighted by Crippen LogP contribution is 2.12. The highest BCUT2D eigenvalue weighted by molar-refractivity contribution is 6.00. The van der Waals surface area contributed by atoms with Crippen LogP contribution in [0.3, 0.4) is 0 Å². The Kier molecular flexibility index (Phi) is 25.9. The number of nitrogens with one attached hydrogen (secondary N) is 8. The van der Waals surface area contributed by atoms with Crippen molar-refractivity contribution in [2.24, 2.45) is 40.5 Å². The highest BCUT2D eigenvalue weighted by Gasteiger charge is 2.37. The minimum absolute atomic E-state index is 0.0243. The third-order valence-corrected chi connectivity index (χ3v) is 10.9. The van der Waals surface area contributed by atoms with Crippen LogP contribution in [0.15, 0.2) is 30.3 Å². The van der Waals surface area contributed by atoms with Crippen molar-refractivity contribution in [1.29, 1.82) is 0 Å². The number of hydrogen-bond acceptors (Lipinski definition) is 14. The Morgan fingerprint density at radius 1 is 0.437 bits per heavy atom. The van der Waals surface area contributed by atoms with E-state index in [0.717, 1.165) is 5.56 Å². The zero-order chi connectivity index (χ0) is 54.3. The number of carboxylic acids is 1. The Balaban J connectivity index is 3.33. The lowest BCUT2D eigenvalue weighted by molar-refractivity contribution is -0.143. The number of carbonyl (C=O) groups excluding carboxylic acids is 12.